The lowest BCUT2D eigenvalue weighted by Gasteiger charge is -2.30. The van der Waals surface area contributed by atoms with Crippen molar-refractivity contribution in [1.29, 1.82) is 0 Å². The van der Waals surface area contributed by atoms with Crippen molar-refractivity contribution in [3.8, 4) is 17.3 Å². The van der Waals surface area contributed by atoms with Crippen LogP contribution >= 0.6 is 11.6 Å². The molecule has 2 aromatic heterocycles. The largest absolute Gasteiger partial charge is 0.443 e. The van der Waals surface area contributed by atoms with Gasteiger partial charge in [0.05, 0.1) is 23.8 Å². The van der Waals surface area contributed by atoms with Crippen LogP contribution in [0.1, 0.15) is 38.5 Å². The molecule has 13 heteroatoms. The predicted octanol–water partition coefficient (Wildman–Crippen LogP) is 6.23. The molecule has 4 aliphatic heterocycles. The Kier molecular flexibility index (Phi) is 9.18. The highest BCUT2D eigenvalue weighted by Crippen LogP contribution is 2.41. The van der Waals surface area contributed by atoms with Gasteiger partial charge in [0.15, 0.2) is 5.82 Å². The average molecular weight is 719 g/mol. The van der Waals surface area contributed by atoms with E-state index >= 15 is 4.39 Å². The number of aromatic nitrogens is 3. The second kappa shape index (κ2) is 13.8. The van der Waals surface area contributed by atoms with Crippen LogP contribution in [0.5, 0.6) is 6.01 Å². The Morgan fingerprint density at radius 1 is 1.16 bits per heavy atom. The van der Waals surface area contributed by atoms with E-state index < -0.39 is 23.3 Å². The van der Waals surface area contributed by atoms with Gasteiger partial charge >= 0.3 is 11.8 Å². The standard InChI is InChI=1S/C38H40ClF3N7O2/c1-47(19-23-12-16-48(20-23)30(50)11-9-26-6-3-14-43-26)36-28-18-44-34(27-7-2-5-24-8-10-29(41)32(39)31(24)27)33(42)35(28)45-37(46-36)51-22-38-13-4-15-49(38)21-25(40)17-38/h2,5,7-11,18-19,23,25-26,43H,3-4,6,12-17,20-22H2,1H3/q+1/b11-9+,47-19-/t23?,25-,26?,38+/m1/s1. The monoisotopic (exact) mass is 718 g/mol. The van der Waals surface area contributed by atoms with Crippen molar-refractivity contribution in [2.24, 2.45) is 5.92 Å². The number of nitrogens with zero attached hydrogens (tertiary/aromatic N) is 6. The maximum Gasteiger partial charge on any atom is 0.434 e. The molecular weight excluding hydrogens is 679 g/mol. The number of alkyl halides is 1. The molecule has 8 rings (SSSR count). The lowest BCUT2D eigenvalue weighted by atomic mass is 9.95. The minimum absolute atomic E-state index is 0.0135. The SMILES string of the molecule is C/[N+](=C/C1CCN(C(=O)/C=C/C2CCCN2)C1)c1nc(OC[C@@]23CCCN2C[C@H](F)C3)nc2c(F)c(-c3cccc4ccc(F)c(Cl)c34)ncc12. The van der Waals surface area contributed by atoms with Gasteiger partial charge in [0.2, 0.25) is 5.91 Å². The van der Waals surface area contributed by atoms with E-state index in [1.807, 2.05) is 28.8 Å². The van der Waals surface area contributed by atoms with Crippen molar-refractivity contribution < 1.29 is 27.3 Å². The highest BCUT2D eigenvalue weighted by Gasteiger charge is 2.49. The first kappa shape index (κ1) is 34.0. The Balaban J connectivity index is 1.15. The van der Waals surface area contributed by atoms with Gasteiger partial charge in [0, 0.05) is 66.2 Å². The smallest absolute Gasteiger partial charge is 0.434 e. The van der Waals surface area contributed by atoms with Crippen LogP contribution in [-0.4, -0.2) is 106 Å². The summed E-state index contributed by atoms with van der Waals surface area (Å²) in [5.74, 6) is -0.953. The van der Waals surface area contributed by atoms with E-state index in [9.17, 15) is 13.6 Å². The van der Waals surface area contributed by atoms with Crippen LogP contribution in [0.4, 0.5) is 19.0 Å². The van der Waals surface area contributed by atoms with Gasteiger partial charge < -0.3 is 15.0 Å². The number of nitrogens with one attached hydrogen (secondary N) is 1. The molecule has 2 unspecified atom stereocenters. The van der Waals surface area contributed by atoms with Gasteiger partial charge in [0.1, 0.15) is 35.2 Å². The molecule has 4 atom stereocenters. The summed E-state index contributed by atoms with van der Waals surface area (Å²) >= 11 is 6.42. The maximum absolute atomic E-state index is 16.8. The average Bonchev–Trinajstić information content (AvgIpc) is 3.94. The number of hydrogen-bond donors (Lipinski definition) is 1. The summed E-state index contributed by atoms with van der Waals surface area (Å²) in [7, 11) is 1.82. The Morgan fingerprint density at radius 3 is 2.88 bits per heavy atom. The lowest BCUT2D eigenvalue weighted by Crippen LogP contribution is -2.43. The summed E-state index contributed by atoms with van der Waals surface area (Å²) in [5.41, 5.74) is -0.184. The van der Waals surface area contributed by atoms with E-state index in [1.54, 1.807) is 30.3 Å². The third kappa shape index (κ3) is 6.46. The van der Waals surface area contributed by atoms with Crippen LogP contribution in [0, 0.1) is 17.6 Å². The minimum atomic E-state index is -0.932. The minimum Gasteiger partial charge on any atom is -0.443 e. The van der Waals surface area contributed by atoms with Crippen LogP contribution in [0.15, 0.2) is 48.7 Å². The van der Waals surface area contributed by atoms with Gasteiger partial charge in [0.25, 0.3) is 0 Å². The molecule has 0 saturated carbocycles. The van der Waals surface area contributed by atoms with E-state index in [1.165, 1.54) is 12.3 Å². The molecule has 266 valence electrons. The number of pyridine rings is 1. The van der Waals surface area contributed by atoms with E-state index in [0.29, 0.717) is 53.6 Å². The number of carbonyl (C=O) groups is 1. The summed E-state index contributed by atoms with van der Waals surface area (Å²) in [4.78, 5) is 30.8. The summed E-state index contributed by atoms with van der Waals surface area (Å²) in [5, 5.41) is 4.59. The van der Waals surface area contributed by atoms with Gasteiger partial charge in [-0.3, -0.25) is 14.7 Å². The number of ether oxygens (including phenoxy) is 1. The maximum atomic E-state index is 16.8. The van der Waals surface area contributed by atoms with Crippen molar-refractivity contribution in [2.75, 3.05) is 46.4 Å². The van der Waals surface area contributed by atoms with Gasteiger partial charge in [-0.2, -0.15) is 4.98 Å². The number of rotatable bonds is 8. The third-order valence-electron chi connectivity index (χ3n) is 10.9. The van der Waals surface area contributed by atoms with E-state index in [2.05, 4.69) is 20.2 Å². The third-order valence-corrected chi connectivity index (χ3v) is 11.3. The van der Waals surface area contributed by atoms with Gasteiger partial charge in [-0.25, -0.2) is 17.7 Å². The van der Waals surface area contributed by atoms with Gasteiger partial charge in [-0.15, -0.1) is 0 Å². The first-order valence-electron chi connectivity index (χ1n) is 17.7. The van der Waals surface area contributed by atoms with Gasteiger partial charge in [-0.1, -0.05) is 41.9 Å². The number of amides is 1. The molecule has 4 aliphatic rings. The highest BCUT2D eigenvalue weighted by atomic mass is 35.5. The molecule has 9 nitrogen and oxygen atoms in total. The number of halogens is 4. The van der Waals surface area contributed by atoms with Crippen molar-refractivity contribution in [3.63, 3.8) is 0 Å². The van der Waals surface area contributed by atoms with Crippen LogP contribution in [0.25, 0.3) is 32.9 Å². The second-order valence-electron chi connectivity index (χ2n) is 14.3. The molecule has 1 N–H and O–H groups in total. The quantitative estimate of drug-likeness (QED) is 0.131. The fraction of sp³-hybridized carbons (Fsp3) is 0.447. The fourth-order valence-corrected chi connectivity index (χ4v) is 8.65. The lowest BCUT2D eigenvalue weighted by molar-refractivity contribution is -0.405. The molecular formula is C38H40ClF3N7O2+. The van der Waals surface area contributed by atoms with Crippen LogP contribution in [0.2, 0.25) is 5.02 Å². The first-order chi connectivity index (χ1) is 24.7. The molecule has 0 radical (unpaired) electrons. The molecule has 0 bridgehead atoms. The molecule has 4 fully saturated rings. The zero-order chi connectivity index (χ0) is 35.3. The molecule has 0 aliphatic carbocycles. The van der Waals surface area contributed by atoms with Crippen LogP contribution < -0.4 is 10.1 Å². The molecule has 0 spiro atoms. The highest BCUT2D eigenvalue weighted by molar-refractivity contribution is 6.36. The van der Waals surface area contributed by atoms with E-state index in [0.717, 1.165) is 45.2 Å². The van der Waals surface area contributed by atoms with Crippen molar-refractivity contribution in [3.05, 3.63) is 65.3 Å². The zero-order valence-electron chi connectivity index (χ0n) is 28.4. The van der Waals surface area contributed by atoms with Crippen LogP contribution in [0.3, 0.4) is 0 Å². The normalized spacial score (nSPS) is 25.5. The number of likely N-dealkylation sites (tertiary alicyclic amines) is 1. The van der Waals surface area contributed by atoms with Crippen LogP contribution in [-0.2, 0) is 4.79 Å². The van der Waals surface area contributed by atoms with Gasteiger partial charge in [-0.05, 0) is 56.6 Å². The molecule has 6 heterocycles. The van der Waals surface area contributed by atoms with E-state index in [4.69, 9.17) is 21.3 Å². The second-order valence-corrected chi connectivity index (χ2v) is 14.7. The van der Waals surface area contributed by atoms with Crippen molar-refractivity contribution in [2.45, 2.75) is 56.3 Å². The molecule has 51 heavy (non-hydrogen) atoms. The van der Waals surface area contributed by atoms with E-state index in [-0.39, 0.29) is 46.7 Å². The number of carbonyl (C=O) groups excluding carboxylic acids is 1. The summed E-state index contributed by atoms with van der Waals surface area (Å²) in [6.07, 6.45) is 11.2. The summed E-state index contributed by atoms with van der Waals surface area (Å²) in [6.45, 7) is 3.48. The number of fused-ring (bicyclic) bond motifs is 3. The Labute approximate surface area is 299 Å². The zero-order valence-corrected chi connectivity index (χ0v) is 29.2. The summed E-state index contributed by atoms with van der Waals surface area (Å²) in [6, 6.07) is 8.24. The Bertz CT molecular complexity index is 2070. The Morgan fingerprint density at radius 2 is 2.04 bits per heavy atom. The molecule has 4 aromatic rings. The Hall–Kier alpha value is -4.13. The first-order valence-corrected chi connectivity index (χ1v) is 18.1. The summed E-state index contributed by atoms with van der Waals surface area (Å²) < 4.78 is 54.0. The number of benzene rings is 2. The van der Waals surface area contributed by atoms with Crippen molar-refractivity contribution >= 4 is 51.2 Å². The molecule has 4 saturated heterocycles. The fourth-order valence-electron chi connectivity index (χ4n) is 8.37. The predicted molar refractivity (Wildman–Crippen MR) is 191 cm³/mol. The molecule has 2 aromatic carbocycles. The van der Waals surface area contributed by atoms with Crippen molar-refractivity contribution in [1.82, 2.24) is 30.1 Å². The topological polar surface area (TPSA) is 86.5 Å². The number of hydrogen-bond acceptors (Lipinski definition) is 7. The molecule has 1 amide bonds.